The standard InChI is InChI=1S/C14H13N3O3S2/c18-11(8-4-1-2-5-9(8)13(19)20)15-14-17-16-12(22-14)10-6-3-7-21-10/h3-4,6-7,9H,1-2,5H2,(H,19,20)(H,15,17,18). The van der Waals surface area contributed by atoms with Crippen LogP contribution >= 0.6 is 22.7 Å². The zero-order valence-electron chi connectivity index (χ0n) is 11.5. The molecule has 0 saturated heterocycles. The first-order valence-electron chi connectivity index (χ1n) is 6.77. The number of carbonyl (C=O) groups excluding carboxylic acids is 1. The second kappa shape index (κ2) is 6.37. The summed E-state index contributed by atoms with van der Waals surface area (Å²) in [5.41, 5.74) is 0.312. The lowest BCUT2D eigenvalue weighted by molar-refractivity contribution is -0.141. The van der Waals surface area contributed by atoms with Crippen molar-refractivity contribution in [2.75, 3.05) is 5.32 Å². The van der Waals surface area contributed by atoms with Gasteiger partial charge in [0.1, 0.15) is 0 Å². The summed E-state index contributed by atoms with van der Waals surface area (Å²) >= 11 is 2.82. The van der Waals surface area contributed by atoms with Crippen LogP contribution in [0.1, 0.15) is 19.3 Å². The van der Waals surface area contributed by atoms with Crippen molar-refractivity contribution in [1.29, 1.82) is 0 Å². The number of thiophene rings is 1. The van der Waals surface area contributed by atoms with E-state index in [9.17, 15) is 14.7 Å². The summed E-state index contributed by atoms with van der Waals surface area (Å²) < 4.78 is 0. The number of amides is 1. The average molecular weight is 335 g/mol. The number of anilines is 1. The van der Waals surface area contributed by atoms with Crippen LogP contribution in [-0.2, 0) is 9.59 Å². The molecule has 3 rings (SSSR count). The van der Waals surface area contributed by atoms with Crippen LogP contribution in [0.25, 0.3) is 9.88 Å². The molecule has 0 aliphatic heterocycles. The van der Waals surface area contributed by atoms with E-state index in [0.717, 1.165) is 22.7 Å². The number of hydrogen-bond acceptors (Lipinski definition) is 6. The van der Waals surface area contributed by atoms with Crippen molar-refractivity contribution in [3.05, 3.63) is 29.2 Å². The third-order valence-corrected chi connectivity index (χ3v) is 5.25. The molecule has 0 fully saturated rings. The van der Waals surface area contributed by atoms with Gasteiger partial charge in [0, 0.05) is 5.57 Å². The zero-order valence-corrected chi connectivity index (χ0v) is 13.1. The first kappa shape index (κ1) is 14.9. The van der Waals surface area contributed by atoms with E-state index in [-0.39, 0.29) is 0 Å². The lowest BCUT2D eigenvalue weighted by Gasteiger charge is -2.19. The molecule has 2 heterocycles. The van der Waals surface area contributed by atoms with Gasteiger partial charge in [-0.3, -0.25) is 14.9 Å². The van der Waals surface area contributed by atoms with Gasteiger partial charge in [0.15, 0.2) is 5.01 Å². The number of nitrogens with one attached hydrogen (secondary N) is 1. The molecule has 2 N–H and O–H groups in total. The van der Waals surface area contributed by atoms with Crippen LogP contribution in [0.5, 0.6) is 0 Å². The van der Waals surface area contributed by atoms with Crippen LogP contribution in [0.15, 0.2) is 29.2 Å². The summed E-state index contributed by atoms with van der Waals surface area (Å²) in [5, 5.41) is 22.9. The first-order valence-corrected chi connectivity index (χ1v) is 8.46. The number of aliphatic carboxylic acids is 1. The number of nitrogens with zero attached hydrogens (tertiary/aromatic N) is 2. The molecule has 0 bridgehead atoms. The largest absolute Gasteiger partial charge is 0.481 e. The van der Waals surface area contributed by atoms with Gasteiger partial charge in [0.25, 0.3) is 5.91 Å². The first-order chi connectivity index (χ1) is 10.6. The van der Waals surface area contributed by atoms with Gasteiger partial charge in [-0.25, -0.2) is 0 Å². The van der Waals surface area contributed by atoms with E-state index in [1.54, 1.807) is 17.4 Å². The Kier molecular flexibility index (Phi) is 4.30. The van der Waals surface area contributed by atoms with E-state index < -0.39 is 17.8 Å². The van der Waals surface area contributed by atoms with Crippen molar-refractivity contribution in [3.8, 4) is 9.88 Å². The Morgan fingerprint density at radius 2 is 2.23 bits per heavy atom. The molecular weight excluding hydrogens is 322 g/mol. The zero-order chi connectivity index (χ0) is 15.5. The number of hydrogen-bond donors (Lipinski definition) is 2. The molecule has 0 saturated carbocycles. The van der Waals surface area contributed by atoms with Gasteiger partial charge in [-0.2, -0.15) is 0 Å². The van der Waals surface area contributed by atoms with Gasteiger partial charge in [-0.1, -0.05) is 23.5 Å². The number of carboxylic acids is 1. The Bertz CT molecular complexity index is 722. The van der Waals surface area contributed by atoms with Crippen molar-refractivity contribution in [2.45, 2.75) is 19.3 Å². The highest BCUT2D eigenvalue weighted by Crippen LogP contribution is 2.31. The van der Waals surface area contributed by atoms with Crippen LogP contribution in [0, 0.1) is 5.92 Å². The Morgan fingerprint density at radius 1 is 1.36 bits per heavy atom. The van der Waals surface area contributed by atoms with E-state index in [0.29, 0.717) is 17.1 Å². The molecule has 2 aromatic heterocycles. The van der Waals surface area contributed by atoms with Crippen LogP contribution in [-0.4, -0.2) is 27.2 Å². The molecule has 0 aromatic carbocycles. The molecule has 22 heavy (non-hydrogen) atoms. The molecule has 2 aromatic rings. The number of aromatic nitrogens is 2. The predicted molar refractivity (Wildman–Crippen MR) is 84.9 cm³/mol. The molecule has 114 valence electrons. The second-order valence-corrected chi connectivity index (χ2v) is 6.75. The second-order valence-electron chi connectivity index (χ2n) is 4.82. The van der Waals surface area contributed by atoms with E-state index in [4.69, 9.17) is 0 Å². The van der Waals surface area contributed by atoms with Crippen molar-refractivity contribution < 1.29 is 14.7 Å². The van der Waals surface area contributed by atoms with Crippen LogP contribution in [0.4, 0.5) is 5.13 Å². The molecular formula is C14H13N3O3S2. The molecule has 1 atom stereocenters. The van der Waals surface area contributed by atoms with E-state index in [2.05, 4.69) is 15.5 Å². The molecule has 8 heteroatoms. The fraction of sp³-hybridized carbons (Fsp3) is 0.286. The summed E-state index contributed by atoms with van der Waals surface area (Å²) in [6, 6.07) is 3.85. The Hall–Kier alpha value is -2.06. The number of carbonyl (C=O) groups is 2. The van der Waals surface area contributed by atoms with Crippen molar-refractivity contribution in [1.82, 2.24) is 10.2 Å². The summed E-state index contributed by atoms with van der Waals surface area (Å²) in [7, 11) is 0. The molecule has 1 amide bonds. The van der Waals surface area contributed by atoms with Crippen LogP contribution in [0.2, 0.25) is 0 Å². The number of allylic oxidation sites excluding steroid dienone is 1. The van der Waals surface area contributed by atoms with Gasteiger partial charge in [-0.05, 0) is 30.7 Å². The quantitative estimate of drug-likeness (QED) is 0.896. The highest BCUT2D eigenvalue weighted by atomic mass is 32.1. The van der Waals surface area contributed by atoms with Crippen LogP contribution < -0.4 is 5.32 Å². The summed E-state index contributed by atoms with van der Waals surface area (Å²) in [6.07, 6.45) is 3.71. The maximum absolute atomic E-state index is 12.3. The molecule has 1 aliphatic carbocycles. The number of carboxylic acid groups (broad SMARTS) is 1. The average Bonchev–Trinajstić information content (AvgIpc) is 3.17. The maximum Gasteiger partial charge on any atom is 0.311 e. The normalized spacial score (nSPS) is 17.8. The fourth-order valence-corrected chi connectivity index (χ4v) is 3.86. The van der Waals surface area contributed by atoms with Crippen molar-refractivity contribution >= 4 is 39.7 Å². The van der Waals surface area contributed by atoms with Gasteiger partial charge in [-0.15, -0.1) is 21.5 Å². The molecule has 0 spiro atoms. The predicted octanol–water partition coefficient (Wildman–Crippen LogP) is 3.02. The molecule has 0 radical (unpaired) electrons. The SMILES string of the molecule is O=C(Nc1nnc(-c2cccs2)s1)C1=CCCCC1C(=O)O. The molecule has 6 nitrogen and oxygen atoms in total. The van der Waals surface area contributed by atoms with Crippen LogP contribution in [0.3, 0.4) is 0 Å². The van der Waals surface area contributed by atoms with Gasteiger partial charge in [0.2, 0.25) is 5.13 Å². The lowest BCUT2D eigenvalue weighted by Crippen LogP contribution is -2.27. The summed E-state index contributed by atoms with van der Waals surface area (Å²) in [5.74, 6) is -2.10. The molecule has 1 unspecified atom stereocenters. The van der Waals surface area contributed by atoms with Crippen molar-refractivity contribution in [3.63, 3.8) is 0 Å². The van der Waals surface area contributed by atoms with E-state index >= 15 is 0 Å². The van der Waals surface area contributed by atoms with E-state index in [1.807, 2.05) is 17.5 Å². The van der Waals surface area contributed by atoms with Gasteiger partial charge >= 0.3 is 5.97 Å². The summed E-state index contributed by atoms with van der Waals surface area (Å²) in [4.78, 5) is 24.5. The van der Waals surface area contributed by atoms with Gasteiger partial charge < -0.3 is 5.11 Å². The topological polar surface area (TPSA) is 92.2 Å². The van der Waals surface area contributed by atoms with Gasteiger partial charge in [0.05, 0.1) is 10.8 Å². The van der Waals surface area contributed by atoms with E-state index in [1.165, 1.54) is 11.3 Å². The minimum atomic E-state index is -0.961. The van der Waals surface area contributed by atoms with Crippen molar-refractivity contribution in [2.24, 2.45) is 5.92 Å². The monoisotopic (exact) mass is 335 g/mol. The number of rotatable bonds is 4. The molecule has 1 aliphatic rings. The smallest absolute Gasteiger partial charge is 0.311 e. The maximum atomic E-state index is 12.3. The fourth-order valence-electron chi connectivity index (χ4n) is 2.33. The third kappa shape index (κ3) is 3.07. The Balaban J connectivity index is 1.74. The Labute approximate surface area is 134 Å². The lowest BCUT2D eigenvalue weighted by atomic mass is 9.87. The third-order valence-electron chi connectivity index (χ3n) is 3.37. The highest BCUT2D eigenvalue weighted by molar-refractivity contribution is 7.23. The minimum absolute atomic E-state index is 0.312. The summed E-state index contributed by atoms with van der Waals surface area (Å²) in [6.45, 7) is 0. The minimum Gasteiger partial charge on any atom is -0.481 e. The highest BCUT2D eigenvalue weighted by Gasteiger charge is 2.29. The Morgan fingerprint density at radius 3 is 2.95 bits per heavy atom.